The largest absolute Gasteiger partial charge is 0.466 e. The van der Waals surface area contributed by atoms with Gasteiger partial charge in [-0.15, -0.1) is 0 Å². The van der Waals surface area contributed by atoms with Crippen molar-refractivity contribution in [3.8, 4) is 0 Å². The van der Waals surface area contributed by atoms with E-state index in [1.165, 1.54) is 263 Å². The van der Waals surface area contributed by atoms with Gasteiger partial charge in [-0.2, -0.15) is 0 Å². The van der Waals surface area contributed by atoms with Crippen molar-refractivity contribution in [2.75, 3.05) is 13.2 Å². The number of amides is 1. The highest BCUT2D eigenvalue weighted by atomic mass is 16.5. The fraction of sp³-hybridized carbons (Fsp3) is 0.879. The fourth-order valence-corrected chi connectivity index (χ4v) is 9.96. The Kier molecular flexibility index (Phi) is 60.0. The van der Waals surface area contributed by atoms with Crippen molar-refractivity contribution < 1.29 is 24.5 Å². The fourth-order valence-electron chi connectivity index (χ4n) is 9.96. The van der Waals surface area contributed by atoms with Crippen LogP contribution in [0.15, 0.2) is 36.5 Å². The van der Waals surface area contributed by atoms with Crippen LogP contribution >= 0.6 is 0 Å². The van der Waals surface area contributed by atoms with E-state index in [0.717, 1.165) is 57.8 Å². The quantitative estimate of drug-likeness (QED) is 0.0320. The van der Waals surface area contributed by atoms with Gasteiger partial charge in [0.1, 0.15) is 0 Å². The molecule has 2 unspecified atom stereocenters. The molecule has 0 bridgehead atoms. The van der Waals surface area contributed by atoms with Gasteiger partial charge in [-0.05, 0) is 64.2 Å². The van der Waals surface area contributed by atoms with Crippen LogP contribution in [0.2, 0.25) is 0 Å². The number of aliphatic hydroxyl groups excluding tert-OH is 2. The molecule has 0 aromatic carbocycles. The number of allylic oxidation sites excluding steroid dienone is 5. The number of carbonyl (C=O) groups excluding carboxylic acids is 2. The van der Waals surface area contributed by atoms with Gasteiger partial charge < -0.3 is 20.3 Å². The molecule has 0 aromatic rings. The second-order valence-corrected chi connectivity index (χ2v) is 22.1. The number of carbonyl (C=O) groups is 2. The summed E-state index contributed by atoms with van der Waals surface area (Å²) in [5.74, 6) is -0.0673. The van der Waals surface area contributed by atoms with Crippen molar-refractivity contribution in [2.45, 2.75) is 360 Å². The molecule has 0 spiro atoms. The molecular formula is C66H125NO5. The molecule has 0 aliphatic heterocycles. The Morgan fingerprint density at radius 2 is 0.694 bits per heavy atom. The molecule has 3 N–H and O–H groups in total. The number of ether oxygens (including phenoxy) is 1. The van der Waals surface area contributed by atoms with E-state index in [9.17, 15) is 19.8 Å². The van der Waals surface area contributed by atoms with Gasteiger partial charge in [0.2, 0.25) is 5.91 Å². The highest BCUT2D eigenvalue weighted by molar-refractivity contribution is 5.76. The number of hydrogen-bond acceptors (Lipinski definition) is 5. The average molecular weight is 1010 g/mol. The minimum Gasteiger partial charge on any atom is -0.466 e. The van der Waals surface area contributed by atoms with Gasteiger partial charge in [0, 0.05) is 12.8 Å². The van der Waals surface area contributed by atoms with Crippen molar-refractivity contribution in [2.24, 2.45) is 0 Å². The van der Waals surface area contributed by atoms with Crippen LogP contribution in [0.1, 0.15) is 348 Å². The summed E-state index contributed by atoms with van der Waals surface area (Å²) in [7, 11) is 0. The lowest BCUT2D eigenvalue weighted by atomic mass is 10.0. The smallest absolute Gasteiger partial charge is 0.305 e. The standard InChI is InChI=1S/C66H125NO5/c1-3-5-7-9-11-13-15-17-19-20-28-31-34-38-42-46-50-54-58-64(69)63(62-68)67-65(70)59-55-51-47-43-39-35-32-29-26-24-22-21-23-25-27-30-33-37-41-45-49-53-57-61-72-66(71)60-56-52-48-44-40-36-18-16-14-12-10-8-6-4-2/h21,23-24,26,54,58,63-64,68-69H,3-20,22,25,27-53,55-57,59-62H2,1-2H3,(H,67,70)/b23-21-,26-24-,58-54+. The van der Waals surface area contributed by atoms with Crippen molar-refractivity contribution in [1.29, 1.82) is 0 Å². The maximum Gasteiger partial charge on any atom is 0.305 e. The molecule has 424 valence electrons. The molecule has 0 heterocycles. The predicted octanol–water partition coefficient (Wildman–Crippen LogP) is 20.4. The predicted molar refractivity (Wildman–Crippen MR) is 315 cm³/mol. The van der Waals surface area contributed by atoms with E-state index in [-0.39, 0.29) is 18.5 Å². The van der Waals surface area contributed by atoms with E-state index in [1.807, 2.05) is 6.08 Å². The summed E-state index contributed by atoms with van der Waals surface area (Å²) in [5.41, 5.74) is 0. The first kappa shape index (κ1) is 70.1. The molecule has 0 saturated carbocycles. The zero-order valence-corrected chi connectivity index (χ0v) is 48.4. The highest BCUT2D eigenvalue weighted by Gasteiger charge is 2.18. The van der Waals surface area contributed by atoms with Crippen molar-refractivity contribution >= 4 is 11.9 Å². The van der Waals surface area contributed by atoms with Crippen LogP contribution in [0, 0.1) is 0 Å². The van der Waals surface area contributed by atoms with Gasteiger partial charge in [0.05, 0.1) is 25.4 Å². The molecule has 0 rings (SSSR count). The van der Waals surface area contributed by atoms with Crippen LogP contribution in [0.4, 0.5) is 0 Å². The third-order valence-corrected chi connectivity index (χ3v) is 14.9. The summed E-state index contributed by atoms with van der Waals surface area (Å²) in [4.78, 5) is 24.5. The molecule has 72 heavy (non-hydrogen) atoms. The van der Waals surface area contributed by atoms with E-state index in [4.69, 9.17) is 4.74 Å². The van der Waals surface area contributed by atoms with Crippen LogP contribution in [-0.2, 0) is 14.3 Å². The molecule has 2 atom stereocenters. The molecule has 1 amide bonds. The molecule has 0 aliphatic carbocycles. The van der Waals surface area contributed by atoms with Gasteiger partial charge in [0.25, 0.3) is 0 Å². The monoisotopic (exact) mass is 1010 g/mol. The average Bonchev–Trinajstić information content (AvgIpc) is 3.38. The molecule has 0 radical (unpaired) electrons. The molecule has 0 saturated heterocycles. The van der Waals surface area contributed by atoms with Crippen LogP contribution in [-0.4, -0.2) is 47.4 Å². The number of nitrogens with one attached hydrogen (secondary N) is 1. The number of rotatable bonds is 60. The summed E-state index contributed by atoms with van der Waals surface area (Å²) < 4.78 is 5.48. The molecule has 6 heteroatoms. The second-order valence-electron chi connectivity index (χ2n) is 22.1. The number of hydrogen-bond donors (Lipinski definition) is 3. The zero-order valence-electron chi connectivity index (χ0n) is 48.4. The number of esters is 1. The Labute approximate surface area is 449 Å². The maximum atomic E-state index is 12.5. The van der Waals surface area contributed by atoms with Crippen LogP contribution in [0.5, 0.6) is 0 Å². The van der Waals surface area contributed by atoms with E-state index >= 15 is 0 Å². The summed E-state index contributed by atoms with van der Waals surface area (Å²) in [6.45, 7) is 4.92. The van der Waals surface area contributed by atoms with Crippen molar-refractivity contribution in [3.05, 3.63) is 36.5 Å². The van der Waals surface area contributed by atoms with Crippen molar-refractivity contribution in [3.63, 3.8) is 0 Å². The lowest BCUT2D eigenvalue weighted by Crippen LogP contribution is -2.45. The van der Waals surface area contributed by atoms with E-state index in [1.54, 1.807) is 6.08 Å². The normalized spacial score (nSPS) is 12.8. The van der Waals surface area contributed by atoms with Crippen molar-refractivity contribution in [1.82, 2.24) is 5.32 Å². The van der Waals surface area contributed by atoms with E-state index < -0.39 is 12.1 Å². The highest BCUT2D eigenvalue weighted by Crippen LogP contribution is 2.17. The second kappa shape index (κ2) is 61.6. The van der Waals surface area contributed by atoms with Gasteiger partial charge in [0.15, 0.2) is 0 Å². The van der Waals surface area contributed by atoms with Crippen LogP contribution in [0.25, 0.3) is 0 Å². The van der Waals surface area contributed by atoms with Gasteiger partial charge >= 0.3 is 5.97 Å². The van der Waals surface area contributed by atoms with Gasteiger partial charge in [-0.1, -0.05) is 307 Å². The van der Waals surface area contributed by atoms with E-state index in [0.29, 0.717) is 19.4 Å². The van der Waals surface area contributed by atoms with Gasteiger partial charge in [-0.25, -0.2) is 0 Å². The third kappa shape index (κ3) is 57.4. The molecule has 0 aromatic heterocycles. The summed E-state index contributed by atoms with van der Waals surface area (Å²) in [6.07, 6.45) is 77.6. The SMILES string of the molecule is CCCCCCCCCCCCCCCCCC/C=C/C(O)C(CO)NC(=O)CCCCCCCCC/C=C\C/C=C\CCCCCCCCCCCOC(=O)CCCCCCCCCCCCCCCC. The molecule has 0 fully saturated rings. The maximum absolute atomic E-state index is 12.5. The Morgan fingerprint density at radius 1 is 0.389 bits per heavy atom. The van der Waals surface area contributed by atoms with Crippen LogP contribution in [0.3, 0.4) is 0 Å². The Balaban J connectivity index is 3.47. The Morgan fingerprint density at radius 3 is 1.06 bits per heavy atom. The number of aliphatic hydroxyl groups is 2. The van der Waals surface area contributed by atoms with Crippen LogP contribution < -0.4 is 5.32 Å². The first-order valence-electron chi connectivity index (χ1n) is 32.3. The third-order valence-electron chi connectivity index (χ3n) is 14.9. The topological polar surface area (TPSA) is 95.9 Å². The van der Waals surface area contributed by atoms with E-state index in [2.05, 4.69) is 43.5 Å². The summed E-state index contributed by atoms with van der Waals surface area (Å²) in [6, 6.07) is -0.636. The van der Waals surface area contributed by atoms with Gasteiger partial charge in [-0.3, -0.25) is 9.59 Å². The Bertz CT molecular complexity index is 1170. The lowest BCUT2D eigenvalue weighted by molar-refractivity contribution is -0.143. The molecular weight excluding hydrogens is 887 g/mol. The molecule has 0 aliphatic rings. The summed E-state index contributed by atoms with van der Waals surface area (Å²) >= 11 is 0. The molecule has 6 nitrogen and oxygen atoms in total. The zero-order chi connectivity index (χ0) is 52.2. The minimum atomic E-state index is -0.852. The minimum absolute atomic E-state index is 0.00896. The summed E-state index contributed by atoms with van der Waals surface area (Å²) in [5, 5.41) is 23.2. The lowest BCUT2D eigenvalue weighted by Gasteiger charge is -2.20. The first-order valence-corrected chi connectivity index (χ1v) is 32.3. The Hall–Kier alpha value is -1.92. The number of unbranched alkanes of at least 4 members (excludes halogenated alkanes) is 45. The first-order chi connectivity index (χ1) is 35.5.